The minimum Gasteiger partial charge on any atom is -0.480 e. The monoisotopic (exact) mass is 383 g/mol. The zero-order chi connectivity index (χ0) is 17.2. The summed E-state index contributed by atoms with van der Waals surface area (Å²) in [6, 6.07) is 3.86. The maximum Gasteiger partial charge on any atom is 0.416 e. The fourth-order valence-electron chi connectivity index (χ4n) is 3.24. The van der Waals surface area contributed by atoms with Gasteiger partial charge >= 0.3 is 6.09 Å². The minimum absolute atomic E-state index is 0. The molecule has 0 radical (unpaired) electrons. The molecular formula is C16H22ClN5O4. The van der Waals surface area contributed by atoms with Crippen molar-refractivity contribution in [2.24, 2.45) is 0 Å². The summed E-state index contributed by atoms with van der Waals surface area (Å²) in [6.07, 6.45) is 1.52. The van der Waals surface area contributed by atoms with E-state index in [1.54, 1.807) is 12.1 Å². The quantitative estimate of drug-likeness (QED) is 0.695. The minimum atomic E-state index is -0.424. The molecular weight excluding hydrogens is 362 g/mol. The van der Waals surface area contributed by atoms with Gasteiger partial charge in [0.25, 0.3) is 5.91 Å². The van der Waals surface area contributed by atoms with E-state index in [0.717, 1.165) is 25.9 Å². The number of nitrogens with one attached hydrogen (secondary N) is 3. The molecule has 2 saturated heterocycles. The van der Waals surface area contributed by atoms with Crippen LogP contribution in [0, 0.1) is 0 Å². The Balaban J connectivity index is 0.00000196. The highest BCUT2D eigenvalue weighted by Crippen LogP contribution is 2.29. The van der Waals surface area contributed by atoms with E-state index in [1.807, 2.05) is 0 Å². The molecule has 2 amide bonds. The number of pyridine rings is 1. The highest BCUT2D eigenvalue weighted by atomic mass is 35.5. The van der Waals surface area contributed by atoms with Gasteiger partial charge in [0.2, 0.25) is 0 Å². The molecule has 0 aliphatic carbocycles. The summed E-state index contributed by atoms with van der Waals surface area (Å²) in [4.78, 5) is 29.4. The number of aromatic nitrogens is 1. The standard InChI is InChI=1S/C16H21N5O4.ClH/c22-14-9-24-12-1-2-13(19-15(12)20-14)21-8-11(25-16(21)23)7-18-10-3-5-17-6-4-10;/h1-2,10-11,17-18H,3-9H2,(H,19,20,22);1H. The van der Waals surface area contributed by atoms with Crippen LogP contribution in [0.15, 0.2) is 12.1 Å². The van der Waals surface area contributed by atoms with E-state index in [1.165, 1.54) is 4.90 Å². The maximum atomic E-state index is 12.2. The predicted octanol–water partition coefficient (Wildman–Crippen LogP) is 0.501. The van der Waals surface area contributed by atoms with Crippen LogP contribution < -0.4 is 25.6 Å². The number of piperidine rings is 1. The van der Waals surface area contributed by atoms with E-state index in [2.05, 4.69) is 20.9 Å². The van der Waals surface area contributed by atoms with E-state index >= 15 is 0 Å². The van der Waals surface area contributed by atoms with Crippen LogP contribution in [0.1, 0.15) is 12.8 Å². The van der Waals surface area contributed by atoms with Crippen molar-refractivity contribution in [2.75, 3.05) is 43.0 Å². The first kappa shape index (κ1) is 18.7. The number of cyclic esters (lactones) is 1. The summed E-state index contributed by atoms with van der Waals surface area (Å²) >= 11 is 0. The molecule has 3 N–H and O–H groups in total. The van der Waals surface area contributed by atoms with Gasteiger partial charge in [0.05, 0.1) is 6.54 Å². The highest BCUT2D eigenvalue weighted by Gasteiger charge is 2.34. The molecule has 0 bridgehead atoms. The SMILES string of the molecule is Cl.O=C1COc2ccc(N3CC(CNC4CCNCC4)OC3=O)nc2N1. The molecule has 3 aliphatic rings. The van der Waals surface area contributed by atoms with Crippen LogP contribution in [0.3, 0.4) is 0 Å². The van der Waals surface area contributed by atoms with Crippen molar-refractivity contribution in [3.05, 3.63) is 12.1 Å². The van der Waals surface area contributed by atoms with Crippen LogP contribution in [0.5, 0.6) is 5.75 Å². The third-order valence-electron chi connectivity index (χ3n) is 4.58. The van der Waals surface area contributed by atoms with Gasteiger partial charge in [0.1, 0.15) is 11.9 Å². The molecule has 4 heterocycles. The largest absolute Gasteiger partial charge is 0.480 e. The number of fused-ring (bicyclic) bond motifs is 1. The van der Waals surface area contributed by atoms with Gasteiger partial charge in [-0.2, -0.15) is 0 Å². The Bertz CT molecular complexity index is 683. The first-order valence-corrected chi connectivity index (χ1v) is 8.55. The van der Waals surface area contributed by atoms with Crippen LogP contribution in [0.4, 0.5) is 16.4 Å². The number of anilines is 2. The molecule has 142 valence electrons. The van der Waals surface area contributed by atoms with Gasteiger partial charge in [-0.1, -0.05) is 0 Å². The second-order valence-corrected chi connectivity index (χ2v) is 6.40. The molecule has 10 heteroatoms. The second-order valence-electron chi connectivity index (χ2n) is 6.40. The van der Waals surface area contributed by atoms with Crippen molar-refractivity contribution in [1.29, 1.82) is 0 Å². The molecule has 26 heavy (non-hydrogen) atoms. The molecule has 0 saturated carbocycles. The van der Waals surface area contributed by atoms with Crippen molar-refractivity contribution in [2.45, 2.75) is 25.0 Å². The normalized spacial score (nSPS) is 22.8. The lowest BCUT2D eigenvalue weighted by atomic mass is 10.1. The Morgan fingerprint density at radius 1 is 1.27 bits per heavy atom. The molecule has 0 spiro atoms. The fraction of sp³-hybridized carbons (Fsp3) is 0.562. The molecule has 2 fully saturated rings. The number of nitrogens with zero attached hydrogens (tertiary/aromatic N) is 2. The van der Waals surface area contributed by atoms with E-state index in [4.69, 9.17) is 9.47 Å². The van der Waals surface area contributed by atoms with Crippen molar-refractivity contribution in [3.8, 4) is 5.75 Å². The fourth-order valence-corrected chi connectivity index (χ4v) is 3.24. The lowest BCUT2D eigenvalue weighted by Gasteiger charge is -2.24. The zero-order valence-electron chi connectivity index (χ0n) is 14.2. The van der Waals surface area contributed by atoms with Gasteiger partial charge in [-0.15, -0.1) is 12.4 Å². The van der Waals surface area contributed by atoms with Gasteiger partial charge in [-0.25, -0.2) is 9.78 Å². The number of amides is 2. The zero-order valence-corrected chi connectivity index (χ0v) is 15.0. The third-order valence-corrected chi connectivity index (χ3v) is 4.58. The van der Waals surface area contributed by atoms with Gasteiger partial charge in [0.15, 0.2) is 18.2 Å². The smallest absolute Gasteiger partial charge is 0.416 e. The number of carbonyl (C=O) groups excluding carboxylic acids is 2. The van der Waals surface area contributed by atoms with Crippen molar-refractivity contribution in [3.63, 3.8) is 0 Å². The van der Waals surface area contributed by atoms with Crippen molar-refractivity contribution in [1.82, 2.24) is 15.6 Å². The lowest BCUT2D eigenvalue weighted by Crippen LogP contribution is -2.43. The Hall–Kier alpha value is -2.10. The second kappa shape index (κ2) is 8.07. The maximum absolute atomic E-state index is 12.2. The molecule has 3 aliphatic heterocycles. The molecule has 1 atom stereocenters. The first-order valence-electron chi connectivity index (χ1n) is 8.55. The number of hydrogen-bond donors (Lipinski definition) is 3. The van der Waals surface area contributed by atoms with Gasteiger partial charge < -0.3 is 25.4 Å². The van der Waals surface area contributed by atoms with Crippen LogP contribution in [-0.2, 0) is 9.53 Å². The van der Waals surface area contributed by atoms with Crippen LogP contribution in [-0.4, -0.2) is 61.9 Å². The average Bonchev–Trinajstić information content (AvgIpc) is 3.01. The lowest BCUT2D eigenvalue weighted by molar-refractivity contribution is -0.118. The molecule has 1 aromatic rings. The summed E-state index contributed by atoms with van der Waals surface area (Å²) in [5, 5.41) is 9.44. The Morgan fingerprint density at radius 2 is 2.08 bits per heavy atom. The van der Waals surface area contributed by atoms with E-state index < -0.39 is 6.09 Å². The number of ether oxygens (including phenoxy) is 2. The van der Waals surface area contributed by atoms with Crippen molar-refractivity contribution >= 4 is 36.0 Å². The topological polar surface area (TPSA) is 105 Å². The Labute approximate surface area is 157 Å². The number of halogens is 1. The van der Waals surface area contributed by atoms with Crippen LogP contribution in [0.2, 0.25) is 0 Å². The van der Waals surface area contributed by atoms with Gasteiger partial charge in [-0.05, 0) is 38.1 Å². The summed E-state index contributed by atoms with van der Waals surface area (Å²) in [5.74, 6) is 1.02. The number of carbonyl (C=O) groups is 2. The van der Waals surface area contributed by atoms with E-state index in [-0.39, 0.29) is 31.0 Å². The predicted molar refractivity (Wildman–Crippen MR) is 97.1 cm³/mol. The van der Waals surface area contributed by atoms with E-state index in [9.17, 15) is 9.59 Å². The first-order chi connectivity index (χ1) is 12.2. The summed E-state index contributed by atoms with van der Waals surface area (Å²) in [7, 11) is 0. The molecule has 1 aromatic heterocycles. The average molecular weight is 384 g/mol. The third kappa shape index (κ3) is 4.00. The Kier molecular flexibility index (Phi) is 5.80. The van der Waals surface area contributed by atoms with Gasteiger partial charge in [0, 0.05) is 12.6 Å². The Morgan fingerprint density at radius 3 is 2.88 bits per heavy atom. The number of rotatable bonds is 4. The van der Waals surface area contributed by atoms with Crippen LogP contribution in [0.25, 0.3) is 0 Å². The number of hydrogen-bond acceptors (Lipinski definition) is 7. The molecule has 1 unspecified atom stereocenters. The van der Waals surface area contributed by atoms with E-state index in [0.29, 0.717) is 36.5 Å². The molecule has 0 aromatic carbocycles. The summed E-state index contributed by atoms with van der Waals surface area (Å²) in [5.41, 5.74) is 0. The molecule has 4 rings (SSSR count). The van der Waals surface area contributed by atoms with Gasteiger partial charge in [-0.3, -0.25) is 9.69 Å². The van der Waals surface area contributed by atoms with Crippen molar-refractivity contribution < 1.29 is 19.1 Å². The molecule has 9 nitrogen and oxygen atoms in total. The van der Waals surface area contributed by atoms with Crippen LogP contribution >= 0.6 is 12.4 Å². The highest BCUT2D eigenvalue weighted by molar-refractivity contribution is 5.95. The summed E-state index contributed by atoms with van der Waals surface area (Å²) in [6.45, 7) is 3.06. The summed E-state index contributed by atoms with van der Waals surface area (Å²) < 4.78 is 10.7.